The Hall–Kier alpha value is -0.110. The van der Waals surface area contributed by atoms with Crippen molar-refractivity contribution >= 4 is 7.60 Å². The third kappa shape index (κ3) is 2.80. The zero-order chi connectivity index (χ0) is 7.49. The molecule has 0 heterocycles. The van der Waals surface area contributed by atoms with E-state index >= 15 is 0 Å². The van der Waals surface area contributed by atoms with Gasteiger partial charge in [-0.15, -0.1) is 0 Å². The summed E-state index contributed by atoms with van der Waals surface area (Å²) in [7, 11) is -3.46. The molecular weight excluding hydrogens is 139 g/mol. The second kappa shape index (κ2) is 3.16. The summed E-state index contributed by atoms with van der Waals surface area (Å²) in [6.07, 6.45) is 0. The fourth-order valence-corrected chi connectivity index (χ4v) is 0.856. The van der Waals surface area contributed by atoms with E-state index in [1.165, 1.54) is 6.92 Å². The molecule has 0 aliphatic heterocycles. The van der Waals surface area contributed by atoms with Crippen molar-refractivity contribution in [3.05, 3.63) is 11.9 Å². The van der Waals surface area contributed by atoms with Gasteiger partial charge in [0.2, 0.25) is 0 Å². The van der Waals surface area contributed by atoms with Gasteiger partial charge in [0.1, 0.15) is 0 Å². The average Bonchev–Trinajstić information content (AvgIpc) is 1.65. The van der Waals surface area contributed by atoms with Gasteiger partial charge >= 0.3 is 7.60 Å². The van der Waals surface area contributed by atoms with Crippen LogP contribution in [0.3, 0.4) is 0 Å². The van der Waals surface area contributed by atoms with Crippen molar-refractivity contribution in [2.45, 2.75) is 13.8 Å². The van der Waals surface area contributed by atoms with Crippen LogP contribution in [0.2, 0.25) is 0 Å². The fraction of sp³-hybridized carbons (Fsp3) is 0.600. The quantitative estimate of drug-likeness (QED) is 0.623. The van der Waals surface area contributed by atoms with Gasteiger partial charge in [0, 0.05) is 5.31 Å². The van der Waals surface area contributed by atoms with Crippen LogP contribution in [0, 0.1) is 0 Å². The van der Waals surface area contributed by atoms with Crippen molar-refractivity contribution in [3.8, 4) is 0 Å². The maximum atomic E-state index is 10.7. The van der Waals surface area contributed by atoms with Crippen LogP contribution in [-0.2, 0) is 9.09 Å². The average molecular weight is 150 g/mol. The predicted octanol–water partition coefficient (Wildman–Crippen LogP) is 1.74. The number of hydrogen-bond acceptors (Lipinski definition) is 2. The van der Waals surface area contributed by atoms with Crippen LogP contribution >= 0.6 is 7.60 Å². The molecule has 0 radical (unpaired) electrons. The maximum absolute atomic E-state index is 10.7. The molecule has 0 saturated carbocycles. The lowest BCUT2D eigenvalue weighted by molar-refractivity contribution is 0.280. The lowest BCUT2D eigenvalue weighted by Gasteiger charge is -2.08. The lowest BCUT2D eigenvalue weighted by Crippen LogP contribution is -1.87. The van der Waals surface area contributed by atoms with Gasteiger partial charge in [0.25, 0.3) is 0 Å². The van der Waals surface area contributed by atoms with Crippen LogP contribution < -0.4 is 0 Å². The van der Waals surface area contributed by atoms with Gasteiger partial charge in [-0.3, -0.25) is 4.57 Å². The molecular formula is C5H11O3P. The number of allylic oxidation sites excluding steroid dienone is 1. The zero-order valence-corrected chi connectivity index (χ0v) is 6.52. The summed E-state index contributed by atoms with van der Waals surface area (Å²) in [5, 5.41) is 0.185. The monoisotopic (exact) mass is 150 g/mol. The third-order valence-electron chi connectivity index (χ3n) is 0.786. The first-order valence-corrected chi connectivity index (χ1v) is 4.22. The molecule has 1 unspecified atom stereocenters. The highest BCUT2D eigenvalue weighted by molar-refractivity contribution is 7.57. The Labute approximate surface area is 54.9 Å². The van der Waals surface area contributed by atoms with Crippen LogP contribution in [0.25, 0.3) is 0 Å². The minimum Gasteiger partial charge on any atom is -0.321 e. The van der Waals surface area contributed by atoms with Crippen LogP contribution in [0.4, 0.5) is 0 Å². The molecule has 0 fully saturated rings. The Morgan fingerprint density at radius 3 is 2.44 bits per heavy atom. The van der Waals surface area contributed by atoms with Gasteiger partial charge in [-0.2, -0.15) is 0 Å². The summed E-state index contributed by atoms with van der Waals surface area (Å²) < 4.78 is 15.2. The summed E-state index contributed by atoms with van der Waals surface area (Å²) in [6, 6.07) is 0. The Kier molecular flexibility index (Phi) is 3.12. The molecule has 0 aromatic carbocycles. The summed E-state index contributed by atoms with van der Waals surface area (Å²) in [4.78, 5) is 8.83. The fourth-order valence-electron chi connectivity index (χ4n) is 0.285. The van der Waals surface area contributed by atoms with Crippen LogP contribution in [-0.4, -0.2) is 11.5 Å². The van der Waals surface area contributed by atoms with Crippen molar-refractivity contribution in [2.24, 2.45) is 0 Å². The molecule has 1 N–H and O–H groups in total. The maximum Gasteiger partial charge on any atom is 0.353 e. The first kappa shape index (κ1) is 8.89. The van der Waals surface area contributed by atoms with Gasteiger partial charge in [-0.05, 0) is 13.8 Å². The van der Waals surface area contributed by atoms with E-state index in [-0.39, 0.29) is 11.9 Å². The van der Waals surface area contributed by atoms with E-state index in [0.29, 0.717) is 0 Å². The Bertz CT molecular complexity index is 152. The minimum atomic E-state index is -3.46. The second-order valence-electron chi connectivity index (χ2n) is 1.67. The van der Waals surface area contributed by atoms with Crippen molar-refractivity contribution in [1.29, 1.82) is 0 Å². The van der Waals surface area contributed by atoms with Crippen LogP contribution in [0.1, 0.15) is 13.8 Å². The normalized spacial score (nSPS) is 16.8. The molecule has 54 valence electrons. The largest absolute Gasteiger partial charge is 0.353 e. The Balaban J connectivity index is 4.04. The van der Waals surface area contributed by atoms with Crippen molar-refractivity contribution in [2.75, 3.05) is 6.61 Å². The first-order valence-electron chi connectivity index (χ1n) is 2.64. The predicted molar refractivity (Wildman–Crippen MR) is 36.3 cm³/mol. The highest BCUT2D eigenvalue weighted by Crippen LogP contribution is 2.49. The molecule has 0 saturated heterocycles. The van der Waals surface area contributed by atoms with Crippen LogP contribution in [0.5, 0.6) is 0 Å². The Morgan fingerprint density at radius 2 is 2.33 bits per heavy atom. The van der Waals surface area contributed by atoms with Gasteiger partial charge in [-0.1, -0.05) is 6.58 Å². The highest BCUT2D eigenvalue weighted by Gasteiger charge is 2.18. The molecule has 0 rings (SSSR count). The van der Waals surface area contributed by atoms with Gasteiger partial charge in [0.05, 0.1) is 6.61 Å². The van der Waals surface area contributed by atoms with Crippen molar-refractivity contribution < 1.29 is 14.0 Å². The van der Waals surface area contributed by atoms with Gasteiger partial charge in [-0.25, -0.2) is 0 Å². The van der Waals surface area contributed by atoms with Gasteiger partial charge in [0.15, 0.2) is 0 Å². The number of rotatable bonds is 3. The van der Waals surface area contributed by atoms with E-state index in [1.54, 1.807) is 6.92 Å². The molecule has 0 aromatic rings. The molecule has 0 aliphatic rings. The van der Waals surface area contributed by atoms with E-state index in [0.717, 1.165) is 0 Å². The standard InChI is InChI=1S/C5H11O3P/c1-4-8-9(6,7)5(2)3/h2,4H2,1,3H3,(H,6,7). The third-order valence-corrected chi connectivity index (χ3v) is 2.36. The second-order valence-corrected chi connectivity index (χ2v) is 3.74. The molecule has 0 aromatic heterocycles. The topological polar surface area (TPSA) is 46.5 Å². The first-order chi connectivity index (χ1) is 4.00. The van der Waals surface area contributed by atoms with E-state index in [1.807, 2.05) is 0 Å². The van der Waals surface area contributed by atoms with Crippen molar-refractivity contribution in [1.82, 2.24) is 0 Å². The molecule has 0 spiro atoms. The zero-order valence-electron chi connectivity index (χ0n) is 5.63. The van der Waals surface area contributed by atoms with Crippen molar-refractivity contribution in [3.63, 3.8) is 0 Å². The smallest absolute Gasteiger partial charge is 0.321 e. The molecule has 0 amide bonds. The van der Waals surface area contributed by atoms with E-state index in [9.17, 15) is 4.57 Å². The SMILES string of the molecule is C=C(C)P(=O)(O)OCC. The Morgan fingerprint density at radius 1 is 1.89 bits per heavy atom. The lowest BCUT2D eigenvalue weighted by atomic mass is 10.8. The summed E-state index contributed by atoms with van der Waals surface area (Å²) in [5.41, 5.74) is 0. The molecule has 3 nitrogen and oxygen atoms in total. The summed E-state index contributed by atoms with van der Waals surface area (Å²) in [6.45, 7) is 6.67. The molecule has 4 heteroatoms. The summed E-state index contributed by atoms with van der Waals surface area (Å²) in [5.74, 6) is 0. The molecule has 0 bridgehead atoms. The van der Waals surface area contributed by atoms with E-state index in [4.69, 9.17) is 4.89 Å². The van der Waals surface area contributed by atoms with E-state index < -0.39 is 7.60 Å². The summed E-state index contributed by atoms with van der Waals surface area (Å²) >= 11 is 0. The molecule has 0 aliphatic carbocycles. The molecule has 9 heavy (non-hydrogen) atoms. The molecule has 1 atom stereocenters. The van der Waals surface area contributed by atoms with Gasteiger partial charge < -0.3 is 9.42 Å². The van der Waals surface area contributed by atoms with Crippen LogP contribution in [0.15, 0.2) is 11.9 Å². The van der Waals surface area contributed by atoms with E-state index in [2.05, 4.69) is 11.1 Å². The minimum absolute atomic E-state index is 0.185. The number of hydrogen-bond donors (Lipinski definition) is 1. The highest BCUT2D eigenvalue weighted by atomic mass is 31.2.